The monoisotopic (exact) mass is 606 g/mol. The van der Waals surface area contributed by atoms with Crippen LogP contribution in [0.2, 0.25) is 0 Å². The van der Waals surface area contributed by atoms with E-state index in [4.69, 9.17) is 12.3 Å². The topological polar surface area (TPSA) is 43.4 Å². The fraction of sp³-hybridized carbons (Fsp3) is 1.00. The first-order chi connectivity index (χ1) is 16.9. The van der Waals surface area contributed by atoms with E-state index in [0.29, 0.717) is 0 Å². The molecule has 2 saturated heterocycles. The van der Waals surface area contributed by atoms with Gasteiger partial charge in [0.2, 0.25) is 0 Å². The minimum atomic E-state index is -4.13. The molecule has 0 aliphatic carbocycles. The van der Waals surface area contributed by atoms with E-state index >= 15 is 0 Å². The number of hydrogen-bond donors (Lipinski definition) is 0. The molecular formula is C28H58N2O4Sn. The third kappa shape index (κ3) is 13.3. The molecule has 0 aromatic carbocycles. The standard InChI is InChI=1S/2C14H29NO2.Sn/c2*1-4-5-6-7-8-9-10-15(11-13(2)16)12-14(3)17;/h2*13-14H,4-12H2,1-3H3;/q2*-2;+4. The van der Waals surface area contributed by atoms with Gasteiger partial charge in [-0.2, -0.15) is 0 Å². The molecule has 2 fully saturated rings. The van der Waals surface area contributed by atoms with Crippen LogP contribution in [0.5, 0.6) is 0 Å². The van der Waals surface area contributed by atoms with Crippen LogP contribution < -0.4 is 0 Å². The van der Waals surface area contributed by atoms with E-state index in [-0.39, 0.29) is 24.4 Å². The normalized spacial score (nSPS) is 31.7. The Hall–Kier alpha value is 0.559. The third-order valence-electron chi connectivity index (χ3n) is 7.10. The van der Waals surface area contributed by atoms with Gasteiger partial charge in [-0.25, -0.2) is 0 Å². The fourth-order valence-electron chi connectivity index (χ4n) is 5.50. The van der Waals surface area contributed by atoms with Gasteiger partial charge in [0.05, 0.1) is 0 Å². The maximum absolute atomic E-state index is 6.61. The van der Waals surface area contributed by atoms with Crippen LogP contribution >= 0.6 is 0 Å². The molecule has 6 nitrogen and oxygen atoms in total. The van der Waals surface area contributed by atoms with Crippen LogP contribution in [0.1, 0.15) is 119 Å². The minimum absolute atomic E-state index is 0.0661. The summed E-state index contributed by atoms with van der Waals surface area (Å²) in [6.45, 7) is 19.2. The van der Waals surface area contributed by atoms with Crippen molar-refractivity contribution in [2.75, 3.05) is 39.3 Å². The van der Waals surface area contributed by atoms with Crippen LogP contribution in [0.15, 0.2) is 0 Å². The van der Waals surface area contributed by atoms with Crippen molar-refractivity contribution in [1.82, 2.24) is 9.80 Å². The van der Waals surface area contributed by atoms with Crippen LogP contribution in [-0.2, 0) is 12.3 Å². The molecule has 4 unspecified atom stereocenters. The Morgan fingerprint density at radius 2 is 0.771 bits per heavy atom. The van der Waals surface area contributed by atoms with Gasteiger partial charge in [0.1, 0.15) is 0 Å². The SMILES string of the molecule is CCCCCCCCN1CC(C)[O][Sn]2([O]C(C)C1)[O]C(C)CN(CCCCCCCC)CC(C)[O]2. The molecule has 4 atom stereocenters. The Balaban J connectivity index is 1.84. The van der Waals surface area contributed by atoms with Gasteiger partial charge in [-0.05, 0) is 0 Å². The van der Waals surface area contributed by atoms with E-state index in [0.717, 1.165) is 39.3 Å². The maximum atomic E-state index is 6.61. The number of unbranched alkanes of at least 4 members (excludes halogenated alkanes) is 10. The van der Waals surface area contributed by atoms with Gasteiger partial charge in [-0.3, -0.25) is 0 Å². The van der Waals surface area contributed by atoms with Gasteiger partial charge in [0.25, 0.3) is 0 Å². The van der Waals surface area contributed by atoms with E-state index in [9.17, 15) is 0 Å². The van der Waals surface area contributed by atoms with Gasteiger partial charge in [-0.1, -0.05) is 0 Å². The van der Waals surface area contributed by atoms with Crippen LogP contribution in [0, 0.1) is 0 Å². The summed E-state index contributed by atoms with van der Waals surface area (Å²) in [6, 6.07) is 0. The molecule has 2 aliphatic heterocycles. The summed E-state index contributed by atoms with van der Waals surface area (Å²) in [4.78, 5) is 5.04. The molecule has 0 amide bonds. The van der Waals surface area contributed by atoms with Gasteiger partial charge in [-0.15, -0.1) is 0 Å². The van der Waals surface area contributed by atoms with Gasteiger partial charge >= 0.3 is 224 Å². The molecule has 2 rings (SSSR count). The summed E-state index contributed by atoms with van der Waals surface area (Å²) in [5, 5.41) is 0. The Morgan fingerprint density at radius 3 is 1.09 bits per heavy atom. The molecular weight excluding hydrogens is 547 g/mol. The first kappa shape index (κ1) is 31.8. The molecule has 208 valence electrons. The zero-order chi connectivity index (χ0) is 25.5. The zero-order valence-electron chi connectivity index (χ0n) is 24.1. The van der Waals surface area contributed by atoms with E-state index in [1.54, 1.807) is 0 Å². The van der Waals surface area contributed by atoms with Crippen LogP contribution in [0.25, 0.3) is 0 Å². The molecule has 0 aromatic heterocycles. The first-order valence-corrected chi connectivity index (χ1v) is 19.7. The summed E-state index contributed by atoms with van der Waals surface area (Å²) >= 11 is -4.13. The Bertz CT molecular complexity index is 464. The molecule has 0 bridgehead atoms. The summed E-state index contributed by atoms with van der Waals surface area (Å²) in [5.74, 6) is 0. The van der Waals surface area contributed by atoms with Gasteiger partial charge in [0.15, 0.2) is 0 Å². The summed E-state index contributed by atoms with van der Waals surface area (Å²) in [6.07, 6.45) is 16.2. The van der Waals surface area contributed by atoms with E-state index in [1.165, 1.54) is 77.0 Å². The van der Waals surface area contributed by atoms with E-state index < -0.39 is 20.0 Å². The second-order valence-electron chi connectivity index (χ2n) is 11.3. The van der Waals surface area contributed by atoms with Gasteiger partial charge in [0, 0.05) is 0 Å². The van der Waals surface area contributed by atoms with Crippen molar-refractivity contribution in [2.24, 2.45) is 0 Å². The van der Waals surface area contributed by atoms with E-state index in [1.807, 2.05) is 0 Å². The Kier molecular flexibility index (Phi) is 16.3. The van der Waals surface area contributed by atoms with Crippen LogP contribution in [0.3, 0.4) is 0 Å². The van der Waals surface area contributed by atoms with Crippen molar-refractivity contribution in [3.63, 3.8) is 0 Å². The Morgan fingerprint density at radius 1 is 0.486 bits per heavy atom. The van der Waals surface area contributed by atoms with Crippen molar-refractivity contribution in [3.05, 3.63) is 0 Å². The third-order valence-corrected chi connectivity index (χ3v) is 15.0. The number of hydrogen-bond acceptors (Lipinski definition) is 6. The molecule has 2 heterocycles. The molecule has 1 spiro atoms. The van der Waals surface area contributed by atoms with E-state index in [2.05, 4.69) is 51.3 Å². The van der Waals surface area contributed by atoms with Crippen molar-refractivity contribution >= 4 is 20.0 Å². The van der Waals surface area contributed by atoms with Crippen molar-refractivity contribution in [1.29, 1.82) is 0 Å². The number of rotatable bonds is 14. The van der Waals surface area contributed by atoms with Crippen molar-refractivity contribution in [2.45, 2.75) is 143 Å². The average molecular weight is 605 g/mol. The van der Waals surface area contributed by atoms with Crippen LogP contribution in [0.4, 0.5) is 0 Å². The van der Waals surface area contributed by atoms with Crippen molar-refractivity contribution in [3.8, 4) is 0 Å². The molecule has 0 radical (unpaired) electrons. The first-order valence-electron chi connectivity index (χ1n) is 15.0. The molecule has 2 aliphatic rings. The summed E-state index contributed by atoms with van der Waals surface area (Å²) < 4.78 is 26.4. The molecule has 35 heavy (non-hydrogen) atoms. The zero-order valence-corrected chi connectivity index (χ0v) is 26.9. The summed E-state index contributed by atoms with van der Waals surface area (Å²) in [7, 11) is 0. The quantitative estimate of drug-likeness (QED) is 0.169. The second-order valence-corrected chi connectivity index (χ2v) is 16.8. The molecule has 0 saturated carbocycles. The van der Waals surface area contributed by atoms with Crippen molar-refractivity contribution < 1.29 is 12.3 Å². The fourth-order valence-corrected chi connectivity index (χ4v) is 12.9. The Labute approximate surface area is 223 Å². The predicted octanol–water partition coefficient (Wildman–Crippen LogP) is 6.39. The molecule has 7 heteroatoms. The summed E-state index contributed by atoms with van der Waals surface area (Å²) in [5.41, 5.74) is 0. The van der Waals surface area contributed by atoms with Gasteiger partial charge < -0.3 is 0 Å². The second kappa shape index (κ2) is 18.0. The molecule has 0 aromatic rings. The molecule has 0 N–H and O–H groups in total. The van der Waals surface area contributed by atoms with Crippen LogP contribution in [-0.4, -0.2) is 93.5 Å². The predicted molar refractivity (Wildman–Crippen MR) is 148 cm³/mol. The number of nitrogens with zero attached hydrogens (tertiary/aromatic N) is 2. The average Bonchev–Trinajstić information content (AvgIpc) is 2.76.